The molecule has 0 aliphatic rings. The Morgan fingerprint density at radius 2 is 0.971 bits per heavy atom. The zero-order valence-corrected chi connectivity index (χ0v) is 21.6. The minimum atomic E-state index is 0.890. The quantitative estimate of drug-likeness (QED) is 0.161. The average Bonchev–Trinajstić information content (AvgIpc) is 2.88. The first-order valence-electron chi connectivity index (χ1n) is 11.2. The van der Waals surface area contributed by atoms with Gasteiger partial charge in [0, 0.05) is 0 Å². The molecule has 0 aromatic heterocycles. The van der Waals surface area contributed by atoms with Crippen molar-refractivity contribution in [3.05, 3.63) is 84.9 Å². The summed E-state index contributed by atoms with van der Waals surface area (Å²) < 4.78 is 0. The Morgan fingerprint density at radius 1 is 0.588 bits per heavy atom. The Hall–Kier alpha value is -2.96. The Labute approximate surface area is 211 Å². The van der Waals surface area contributed by atoms with Crippen LogP contribution in [0.1, 0.15) is 12.8 Å². The van der Waals surface area contributed by atoms with Crippen molar-refractivity contribution in [3.63, 3.8) is 0 Å². The molecule has 4 aromatic rings. The molecule has 0 bridgehead atoms. The Kier molecular flexibility index (Phi) is 13.3. The van der Waals surface area contributed by atoms with Crippen LogP contribution in [-0.2, 0) is 0 Å². The molecule has 0 aliphatic heterocycles. The normalized spacial score (nSPS) is 10.8. The highest BCUT2D eigenvalue weighted by Crippen LogP contribution is 2.21. The Balaban J connectivity index is 0.000000187. The fraction of sp³-hybridized carbons (Fsp3) is 0.214. The molecule has 0 radical (unpaired) electrons. The largest absolute Gasteiger partial charge is 0.390 e. The average molecular weight is 491 g/mol. The van der Waals surface area contributed by atoms with Gasteiger partial charge in [0.1, 0.15) is 0 Å². The molecule has 34 heavy (non-hydrogen) atoms. The number of hydrogen-bond acceptors (Lipinski definition) is 4. The van der Waals surface area contributed by atoms with Crippen LogP contribution in [0.4, 0.5) is 11.4 Å². The van der Waals surface area contributed by atoms with E-state index in [0.717, 1.165) is 11.4 Å². The highest BCUT2D eigenvalue weighted by atomic mass is 32.2. The van der Waals surface area contributed by atoms with Crippen LogP contribution in [0, 0.1) is 0 Å². The van der Waals surface area contributed by atoms with E-state index < -0.39 is 0 Å². The molecular formula is C28H34N4S2. The van der Waals surface area contributed by atoms with E-state index in [0.29, 0.717) is 0 Å². The van der Waals surface area contributed by atoms with Crippen LogP contribution in [0.15, 0.2) is 94.9 Å². The summed E-state index contributed by atoms with van der Waals surface area (Å²) in [7, 11) is 0. The SMILES string of the molecule is CSCCCCSC.NC=Nc1ccc2ccccc2c1.NC=Nc1ccc2ccccc2c1. The molecule has 4 rings (SSSR count). The lowest BCUT2D eigenvalue weighted by Gasteiger charge is -1.97. The number of thioether (sulfide) groups is 2. The molecule has 0 fully saturated rings. The summed E-state index contributed by atoms with van der Waals surface area (Å²) in [6.07, 6.45) is 9.73. The van der Waals surface area contributed by atoms with Crippen molar-refractivity contribution in [2.75, 3.05) is 24.0 Å². The standard InChI is InChI=1S/2C11H10N2.C6H14S2/c2*12-8-13-11-6-5-9-3-1-2-4-10(9)7-11;1-7-5-3-4-6-8-2/h2*1-8H,(H2,12,13);3-6H2,1-2H3. The van der Waals surface area contributed by atoms with Gasteiger partial charge in [0.2, 0.25) is 0 Å². The fourth-order valence-corrected chi connectivity index (χ4v) is 4.16. The third-order valence-electron chi connectivity index (χ3n) is 4.86. The van der Waals surface area contributed by atoms with E-state index in [9.17, 15) is 0 Å². The molecule has 6 heteroatoms. The van der Waals surface area contributed by atoms with Gasteiger partial charge < -0.3 is 11.5 Å². The number of aliphatic imine (C=N–C) groups is 2. The molecule has 0 spiro atoms. The summed E-state index contributed by atoms with van der Waals surface area (Å²) in [4.78, 5) is 8.02. The first-order chi connectivity index (χ1) is 16.7. The van der Waals surface area contributed by atoms with Gasteiger partial charge >= 0.3 is 0 Å². The molecule has 4 N–H and O–H groups in total. The molecule has 0 amide bonds. The molecule has 0 saturated heterocycles. The summed E-state index contributed by atoms with van der Waals surface area (Å²) in [6, 6.07) is 28.3. The van der Waals surface area contributed by atoms with Gasteiger partial charge in [-0.05, 0) is 82.7 Å². The van der Waals surface area contributed by atoms with E-state index in [1.54, 1.807) is 0 Å². The lowest BCUT2D eigenvalue weighted by Crippen LogP contribution is -1.86. The molecule has 4 aromatic carbocycles. The second-order valence-electron chi connectivity index (χ2n) is 7.31. The summed E-state index contributed by atoms with van der Waals surface area (Å²) in [5.41, 5.74) is 12.2. The van der Waals surface area contributed by atoms with E-state index in [1.165, 1.54) is 58.6 Å². The van der Waals surface area contributed by atoms with Crippen molar-refractivity contribution in [3.8, 4) is 0 Å². The highest BCUT2D eigenvalue weighted by Gasteiger charge is 1.93. The third-order valence-corrected chi connectivity index (χ3v) is 6.25. The first kappa shape index (κ1) is 27.3. The summed E-state index contributed by atoms with van der Waals surface area (Å²) in [6.45, 7) is 0. The van der Waals surface area contributed by atoms with Gasteiger partial charge in [-0.15, -0.1) is 0 Å². The van der Waals surface area contributed by atoms with Crippen molar-refractivity contribution in [1.29, 1.82) is 0 Å². The molecule has 0 saturated carbocycles. The number of unbranched alkanes of at least 4 members (excludes halogenated alkanes) is 1. The molecule has 0 unspecified atom stereocenters. The van der Waals surface area contributed by atoms with Gasteiger partial charge in [-0.1, -0.05) is 60.7 Å². The Morgan fingerprint density at radius 3 is 1.32 bits per heavy atom. The van der Waals surface area contributed by atoms with Gasteiger partial charge in [-0.3, -0.25) is 0 Å². The van der Waals surface area contributed by atoms with Gasteiger partial charge in [-0.25, -0.2) is 9.98 Å². The van der Waals surface area contributed by atoms with Crippen LogP contribution in [-0.4, -0.2) is 36.7 Å². The van der Waals surface area contributed by atoms with Crippen LogP contribution in [0.5, 0.6) is 0 Å². The second kappa shape index (κ2) is 16.6. The summed E-state index contributed by atoms with van der Waals surface area (Å²) in [5, 5.41) is 4.81. The van der Waals surface area contributed by atoms with Crippen LogP contribution in [0.3, 0.4) is 0 Å². The maximum absolute atomic E-state index is 5.21. The van der Waals surface area contributed by atoms with E-state index in [-0.39, 0.29) is 0 Å². The van der Waals surface area contributed by atoms with Crippen molar-refractivity contribution in [2.45, 2.75) is 12.8 Å². The lowest BCUT2D eigenvalue weighted by atomic mass is 10.1. The number of rotatable bonds is 7. The topological polar surface area (TPSA) is 76.8 Å². The minimum Gasteiger partial charge on any atom is -0.390 e. The minimum absolute atomic E-state index is 0.890. The Bertz CT molecular complexity index is 1080. The molecule has 0 heterocycles. The van der Waals surface area contributed by atoms with E-state index in [4.69, 9.17) is 11.5 Å². The first-order valence-corrected chi connectivity index (χ1v) is 13.9. The van der Waals surface area contributed by atoms with Crippen LogP contribution < -0.4 is 11.5 Å². The van der Waals surface area contributed by atoms with Gasteiger partial charge in [0.25, 0.3) is 0 Å². The molecule has 4 nitrogen and oxygen atoms in total. The van der Waals surface area contributed by atoms with Gasteiger partial charge in [0.05, 0.1) is 24.1 Å². The zero-order chi connectivity index (χ0) is 24.4. The molecule has 178 valence electrons. The fourth-order valence-electron chi connectivity index (χ4n) is 3.18. The molecular weight excluding hydrogens is 456 g/mol. The number of fused-ring (bicyclic) bond motifs is 2. The van der Waals surface area contributed by atoms with Crippen molar-refractivity contribution in [1.82, 2.24) is 0 Å². The summed E-state index contributed by atoms with van der Waals surface area (Å²) in [5.74, 6) is 2.67. The predicted molar refractivity (Wildman–Crippen MR) is 159 cm³/mol. The smallest absolute Gasteiger partial charge is 0.0860 e. The van der Waals surface area contributed by atoms with Gasteiger partial charge in [0.15, 0.2) is 0 Å². The maximum atomic E-state index is 5.21. The van der Waals surface area contributed by atoms with E-state index in [2.05, 4.69) is 46.8 Å². The van der Waals surface area contributed by atoms with Crippen LogP contribution in [0.2, 0.25) is 0 Å². The number of benzene rings is 4. The van der Waals surface area contributed by atoms with Crippen molar-refractivity contribution >= 4 is 69.1 Å². The summed E-state index contributed by atoms with van der Waals surface area (Å²) >= 11 is 3.89. The van der Waals surface area contributed by atoms with Gasteiger partial charge in [-0.2, -0.15) is 23.5 Å². The zero-order valence-electron chi connectivity index (χ0n) is 19.9. The van der Waals surface area contributed by atoms with Crippen LogP contribution in [0.25, 0.3) is 21.5 Å². The monoisotopic (exact) mass is 490 g/mol. The highest BCUT2D eigenvalue weighted by molar-refractivity contribution is 7.98. The van der Waals surface area contributed by atoms with E-state index >= 15 is 0 Å². The number of nitrogens with zero attached hydrogens (tertiary/aromatic N) is 2. The molecule has 0 aliphatic carbocycles. The maximum Gasteiger partial charge on any atom is 0.0860 e. The predicted octanol–water partition coefficient (Wildman–Crippen LogP) is 7.41. The van der Waals surface area contributed by atoms with Crippen LogP contribution >= 0.6 is 23.5 Å². The molecule has 0 atom stereocenters. The lowest BCUT2D eigenvalue weighted by molar-refractivity contribution is 0.909. The van der Waals surface area contributed by atoms with Crippen molar-refractivity contribution in [2.24, 2.45) is 21.5 Å². The van der Waals surface area contributed by atoms with Crippen molar-refractivity contribution < 1.29 is 0 Å². The van der Waals surface area contributed by atoms with E-state index in [1.807, 2.05) is 84.2 Å². The number of nitrogens with two attached hydrogens (primary N) is 2. The third kappa shape index (κ3) is 9.89. The number of hydrogen-bond donors (Lipinski definition) is 2. The second-order valence-corrected chi connectivity index (χ2v) is 9.28.